The van der Waals surface area contributed by atoms with Crippen molar-refractivity contribution >= 4 is 5.71 Å². The van der Waals surface area contributed by atoms with E-state index < -0.39 is 0 Å². The quantitative estimate of drug-likeness (QED) is 0.653. The number of methoxy groups -OCH3 is 1. The number of hydrogen-bond donors (Lipinski definition) is 1. The highest BCUT2D eigenvalue weighted by Gasteiger charge is 2.29. The molecule has 2 atom stereocenters. The molecular formula is C27H29N5O. The van der Waals surface area contributed by atoms with Crippen LogP contribution in [-0.4, -0.2) is 60.6 Å². The minimum Gasteiger partial charge on any atom is -0.497 e. The molecule has 2 aliphatic heterocycles. The Bertz CT molecular complexity index is 1130. The van der Waals surface area contributed by atoms with E-state index >= 15 is 0 Å². The number of nitrogens with zero attached hydrogens (tertiary/aromatic N) is 4. The lowest BCUT2D eigenvalue weighted by Gasteiger charge is -2.41. The van der Waals surface area contributed by atoms with E-state index in [0.29, 0.717) is 0 Å². The van der Waals surface area contributed by atoms with Gasteiger partial charge in [-0.15, -0.1) is 0 Å². The van der Waals surface area contributed by atoms with E-state index in [-0.39, 0.29) is 12.3 Å². The van der Waals surface area contributed by atoms with Gasteiger partial charge in [-0.25, -0.2) is 4.99 Å². The second-order valence-electron chi connectivity index (χ2n) is 8.43. The fourth-order valence-corrected chi connectivity index (χ4v) is 4.45. The molecule has 0 spiro atoms. The highest BCUT2D eigenvalue weighted by atomic mass is 16.5. The second-order valence-corrected chi connectivity index (χ2v) is 8.43. The van der Waals surface area contributed by atoms with Gasteiger partial charge < -0.3 is 15.0 Å². The van der Waals surface area contributed by atoms with Crippen molar-refractivity contribution in [3.63, 3.8) is 0 Å². The van der Waals surface area contributed by atoms with Crippen LogP contribution in [-0.2, 0) is 0 Å². The molecule has 5 rings (SSSR count). The number of aliphatic imine (C=N–C) groups is 1. The monoisotopic (exact) mass is 439 g/mol. The predicted octanol–water partition coefficient (Wildman–Crippen LogP) is 3.94. The van der Waals surface area contributed by atoms with Gasteiger partial charge in [0.25, 0.3) is 0 Å². The molecule has 2 unspecified atom stereocenters. The van der Waals surface area contributed by atoms with Crippen LogP contribution in [0.25, 0.3) is 11.1 Å². The van der Waals surface area contributed by atoms with Crippen molar-refractivity contribution in [1.82, 2.24) is 20.1 Å². The standard InChI is InChI=1S/C27H29N5O/c1-31-17-13-25(23-11-14-28-15-12-23)30-27(31)32-18-16-29-26(19-32)22-5-3-20(4-6-22)21-7-9-24(33-2)10-8-21/h3-15,17,26-27,29H,16,18-19H2,1-2H3. The second kappa shape index (κ2) is 9.57. The number of rotatable bonds is 5. The first kappa shape index (κ1) is 21.4. The van der Waals surface area contributed by atoms with Crippen LogP contribution in [0.4, 0.5) is 0 Å². The molecule has 2 aliphatic rings. The van der Waals surface area contributed by atoms with E-state index in [1.54, 1.807) is 7.11 Å². The zero-order chi connectivity index (χ0) is 22.6. The van der Waals surface area contributed by atoms with Crippen molar-refractivity contribution in [1.29, 1.82) is 0 Å². The van der Waals surface area contributed by atoms with Gasteiger partial charge >= 0.3 is 0 Å². The first-order chi connectivity index (χ1) is 16.2. The van der Waals surface area contributed by atoms with Gasteiger partial charge in [-0.3, -0.25) is 9.88 Å². The van der Waals surface area contributed by atoms with Crippen molar-refractivity contribution in [2.45, 2.75) is 12.3 Å². The van der Waals surface area contributed by atoms with Gasteiger partial charge in [-0.1, -0.05) is 36.4 Å². The Balaban J connectivity index is 1.31. The van der Waals surface area contributed by atoms with Crippen LogP contribution in [0.3, 0.4) is 0 Å². The molecule has 6 nitrogen and oxygen atoms in total. The summed E-state index contributed by atoms with van der Waals surface area (Å²) in [5, 5.41) is 3.69. The summed E-state index contributed by atoms with van der Waals surface area (Å²) in [7, 11) is 3.78. The molecule has 3 heterocycles. The SMILES string of the molecule is COc1ccc(-c2ccc(C3CN(C4N=C(c5ccncc5)C=CN4C)CCN3)cc2)cc1. The summed E-state index contributed by atoms with van der Waals surface area (Å²) in [4.78, 5) is 13.8. The number of hydrogen-bond acceptors (Lipinski definition) is 6. The minimum absolute atomic E-state index is 0.0127. The maximum Gasteiger partial charge on any atom is 0.178 e. The van der Waals surface area contributed by atoms with E-state index in [9.17, 15) is 0 Å². The summed E-state index contributed by atoms with van der Waals surface area (Å²) >= 11 is 0. The van der Waals surface area contributed by atoms with Crippen molar-refractivity contribution in [3.05, 3.63) is 96.5 Å². The molecule has 1 saturated heterocycles. The van der Waals surface area contributed by atoms with E-state index in [1.807, 2.05) is 36.7 Å². The molecule has 1 fully saturated rings. The Morgan fingerprint density at radius 1 is 0.909 bits per heavy atom. The number of ether oxygens (including phenoxy) is 1. The number of allylic oxidation sites excluding steroid dienone is 1. The molecule has 6 heteroatoms. The average Bonchev–Trinajstić information content (AvgIpc) is 2.90. The zero-order valence-corrected chi connectivity index (χ0v) is 19.1. The van der Waals surface area contributed by atoms with Crippen molar-refractivity contribution in [2.75, 3.05) is 33.8 Å². The van der Waals surface area contributed by atoms with Crippen LogP contribution in [0, 0.1) is 0 Å². The minimum atomic E-state index is -0.0127. The van der Waals surface area contributed by atoms with Crippen molar-refractivity contribution in [3.8, 4) is 16.9 Å². The molecule has 3 aromatic rings. The van der Waals surface area contributed by atoms with E-state index in [0.717, 1.165) is 36.7 Å². The average molecular weight is 440 g/mol. The molecule has 2 aromatic carbocycles. The summed E-state index contributed by atoms with van der Waals surface area (Å²) in [6, 6.07) is 21.3. The lowest BCUT2D eigenvalue weighted by molar-refractivity contribution is 0.0684. The van der Waals surface area contributed by atoms with Gasteiger partial charge in [-0.05, 0) is 47.0 Å². The molecule has 0 amide bonds. The fourth-order valence-electron chi connectivity index (χ4n) is 4.45. The Hall–Kier alpha value is -3.48. The molecule has 0 saturated carbocycles. The number of pyridine rings is 1. The lowest BCUT2D eigenvalue weighted by Crippen LogP contribution is -2.54. The van der Waals surface area contributed by atoms with E-state index in [1.165, 1.54) is 16.7 Å². The predicted molar refractivity (Wildman–Crippen MR) is 132 cm³/mol. The third-order valence-corrected chi connectivity index (χ3v) is 6.33. The summed E-state index contributed by atoms with van der Waals surface area (Å²) in [5.74, 6) is 0.874. The van der Waals surface area contributed by atoms with Gasteiger partial charge in [0.05, 0.1) is 12.8 Å². The van der Waals surface area contributed by atoms with Crippen LogP contribution in [0.1, 0.15) is 17.2 Å². The molecule has 1 aromatic heterocycles. The van der Waals surface area contributed by atoms with Crippen LogP contribution in [0.5, 0.6) is 5.75 Å². The highest BCUT2D eigenvalue weighted by Crippen LogP contribution is 2.26. The Kier molecular flexibility index (Phi) is 6.19. The lowest BCUT2D eigenvalue weighted by atomic mass is 9.99. The number of aromatic nitrogens is 1. The van der Waals surface area contributed by atoms with Gasteiger partial charge in [0.1, 0.15) is 5.75 Å². The molecule has 0 bridgehead atoms. The summed E-state index contributed by atoms with van der Waals surface area (Å²) in [6.45, 7) is 2.79. The first-order valence-electron chi connectivity index (χ1n) is 11.3. The Labute approximate surface area is 195 Å². The topological polar surface area (TPSA) is 53.0 Å². The first-order valence-corrected chi connectivity index (χ1v) is 11.3. The zero-order valence-electron chi connectivity index (χ0n) is 19.1. The fraction of sp³-hybridized carbons (Fsp3) is 0.259. The van der Waals surface area contributed by atoms with Crippen molar-refractivity contribution in [2.24, 2.45) is 4.99 Å². The van der Waals surface area contributed by atoms with Gasteiger partial charge in [0.15, 0.2) is 6.29 Å². The maximum atomic E-state index is 5.27. The Morgan fingerprint density at radius 3 is 2.30 bits per heavy atom. The third kappa shape index (κ3) is 4.67. The van der Waals surface area contributed by atoms with Crippen molar-refractivity contribution < 1.29 is 4.74 Å². The normalized spacial score (nSPS) is 21.0. The smallest absolute Gasteiger partial charge is 0.178 e. The van der Waals surface area contributed by atoms with Crippen LogP contribution >= 0.6 is 0 Å². The largest absolute Gasteiger partial charge is 0.497 e. The van der Waals surface area contributed by atoms with Crippen LogP contribution in [0.2, 0.25) is 0 Å². The highest BCUT2D eigenvalue weighted by molar-refractivity contribution is 6.08. The van der Waals surface area contributed by atoms with Gasteiger partial charge in [0, 0.05) is 56.9 Å². The van der Waals surface area contributed by atoms with Crippen LogP contribution < -0.4 is 10.1 Å². The number of piperazine rings is 1. The Morgan fingerprint density at radius 2 is 1.61 bits per heavy atom. The van der Waals surface area contributed by atoms with E-state index in [4.69, 9.17) is 9.73 Å². The number of benzene rings is 2. The van der Waals surface area contributed by atoms with Crippen LogP contribution in [0.15, 0.2) is 90.3 Å². The molecule has 33 heavy (non-hydrogen) atoms. The van der Waals surface area contributed by atoms with E-state index in [2.05, 4.69) is 75.8 Å². The molecule has 0 radical (unpaired) electrons. The number of nitrogens with one attached hydrogen (secondary N) is 1. The maximum absolute atomic E-state index is 5.27. The molecular weight excluding hydrogens is 410 g/mol. The molecule has 0 aliphatic carbocycles. The summed E-state index contributed by atoms with van der Waals surface area (Å²) in [5.41, 5.74) is 5.79. The molecule has 1 N–H and O–H groups in total. The summed E-state index contributed by atoms with van der Waals surface area (Å²) < 4.78 is 5.27. The van der Waals surface area contributed by atoms with Gasteiger partial charge in [0.2, 0.25) is 0 Å². The third-order valence-electron chi connectivity index (χ3n) is 6.33. The summed E-state index contributed by atoms with van der Waals surface area (Å²) in [6.07, 6.45) is 7.81. The van der Waals surface area contributed by atoms with Gasteiger partial charge in [-0.2, -0.15) is 0 Å². The molecule has 168 valence electrons.